The second-order valence-corrected chi connectivity index (χ2v) is 5.73. The van der Waals surface area contributed by atoms with Crippen molar-refractivity contribution < 1.29 is 0 Å². The van der Waals surface area contributed by atoms with Crippen molar-refractivity contribution in [3.63, 3.8) is 0 Å². The van der Waals surface area contributed by atoms with Gasteiger partial charge in [0.2, 0.25) is 0 Å². The van der Waals surface area contributed by atoms with E-state index in [1.54, 1.807) is 0 Å². The first kappa shape index (κ1) is 18.4. The first-order valence-corrected chi connectivity index (χ1v) is 7.58. The van der Waals surface area contributed by atoms with E-state index in [9.17, 15) is 0 Å². The monoisotopic (exact) mass is 228 g/mol. The standard InChI is InChI=1S/C9H18.C4H10.C3H8/c1-2-3-4-5-6-9-7-8-9;1-4(2)3;1-3-2/h9H,2-8H2,1H3;4H,1-3H3;3H2,1-2H3. The van der Waals surface area contributed by atoms with Crippen LogP contribution >= 0.6 is 0 Å². The predicted octanol–water partition coefficient (Wildman–Crippen LogP) is 6.45. The average Bonchev–Trinajstić information content (AvgIpc) is 2.96. The molecule has 0 aromatic heterocycles. The maximum absolute atomic E-state index is 2.27. The number of hydrogen-bond donors (Lipinski definition) is 0. The molecular formula is C16H36. The van der Waals surface area contributed by atoms with Gasteiger partial charge in [0.25, 0.3) is 0 Å². The molecule has 0 aromatic carbocycles. The molecule has 0 aliphatic heterocycles. The van der Waals surface area contributed by atoms with Crippen LogP contribution < -0.4 is 0 Å². The molecule has 1 fully saturated rings. The van der Waals surface area contributed by atoms with Crippen molar-refractivity contribution in [3.8, 4) is 0 Å². The maximum atomic E-state index is 2.27. The molecule has 0 heterocycles. The molecule has 0 atom stereocenters. The van der Waals surface area contributed by atoms with Crippen LogP contribution in [0.15, 0.2) is 0 Å². The maximum Gasteiger partial charge on any atom is -0.0414 e. The van der Waals surface area contributed by atoms with Crippen molar-refractivity contribution >= 4 is 0 Å². The third-order valence-electron chi connectivity index (χ3n) is 2.16. The summed E-state index contributed by atoms with van der Waals surface area (Å²) >= 11 is 0. The van der Waals surface area contributed by atoms with E-state index >= 15 is 0 Å². The Hall–Kier alpha value is 0. The molecule has 0 aromatic rings. The van der Waals surface area contributed by atoms with Gasteiger partial charge in [0.1, 0.15) is 0 Å². The van der Waals surface area contributed by atoms with Crippen LogP contribution in [0.1, 0.15) is 92.9 Å². The Kier molecular flexibility index (Phi) is 17.2. The van der Waals surface area contributed by atoms with Crippen molar-refractivity contribution in [3.05, 3.63) is 0 Å². The fourth-order valence-electron chi connectivity index (χ4n) is 1.27. The van der Waals surface area contributed by atoms with Crippen LogP contribution in [0.5, 0.6) is 0 Å². The Bertz CT molecular complexity index is 97.9. The van der Waals surface area contributed by atoms with Crippen molar-refractivity contribution in [2.24, 2.45) is 11.8 Å². The van der Waals surface area contributed by atoms with E-state index in [4.69, 9.17) is 0 Å². The molecule has 0 nitrogen and oxygen atoms in total. The van der Waals surface area contributed by atoms with Gasteiger partial charge >= 0.3 is 0 Å². The minimum atomic E-state index is 0.833. The highest BCUT2D eigenvalue weighted by atomic mass is 14.2. The van der Waals surface area contributed by atoms with Crippen LogP contribution in [0.2, 0.25) is 0 Å². The Morgan fingerprint density at radius 2 is 1.31 bits per heavy atom. The third-order valence-corrected chi connectivity index (χ3v) is 2.16. The number of unbranched alkanes of at least 4 members (excludes halogenated alkanes) is 3. The molecular weight excluding hydrogens is 192 g/mol. The van der Waals surface area contributed by atoms with Crippen molar-refractivity contribution in [2.45, 2.75) is 92.9 Å². The van der Waals surface area contributed by atoms with Crippen molar-refractivity contribution in [2.75, 3.05) is 0 Å². The lowest BCUT2D eigenvalue weighted by Gasteiger charge is -1.95. The zero-order valence-corrected chi connectivity index (χ0v) is 12.8. The average molecular weight is 228 g/mol. The second-order valence-electron chi connectivity index (χ2n) is 5.73. The minimum absolute atomic E-state index is 0.833. The third kappa shape index (κ3) is 29.2. The van der Waals surface area contributed by atoms with E-state index in [1.165, 1.54) is 51.4 Å². The van der Waals surface area contributed by atoms with Crippen molar-refractivity contribution in [1.29, 1.82) is 0 Å². The van der Waals surface area contributed by atoms with Crippen LogP contribution in [-0.4, -0.2) is 0 Å². The summed E-state index contributed by atoms with van der Waals surface area (Å²) in [4.78, 5) is 0. The zero-order valence-electron chi connectivity index (χ0n) is 12.8. The van der Waals surface area contributed by atoms with Crippen LogP contribution in [0.4, 0.5) is 0 Å². The van der Waals surface area contributed by atoms with Gasteiger partial charge in [-0.15, -0.1) is 0 Å². The van der Waals surface area contributed by atoms with Crippen LogP contribution in [0, 0.1) is 11.8 Å². The lowest BCUT2D eigenvalue weighted by Crippen LogP contribution is -1.77. The van der Waals surface area contributed by atoms with Crippen LogP contribution in [-0.2, 0) is 0 Å². The first-order chi connectivity index (χ1) is 7.58. The summed E-state index contributed by atoms with van der Waals surface area (Å²) in [5.41, 5.74) is 0. The molecule has 1 aliphatic rings. The quantitative estimate of drug-likeness (QED) is 0.475. The van der Waals surface area contributed by atoms with E-state index in [1.807, 2.05) is 0 Å². The summed E-state index contributed by atoms with van der Waals surface area (Å²) < 4.78 is 0. The lowest BCUT2D eigenvalue weighted by molar-refractivity contribution is 0.597. The van der Waals surface area contributed by atoms with E-state index < -0.39 is 0 Å². The summed E-state index contributed by atoms with van der Waals surface area (Å²) in [5, 5.41) is 0. The van der Waals surface area contributed by atoms with E-state index in [2.05, 4.69) is 41.5 Å². The molecule has 0 spiro atoms. The molecule has 0 unspecified atom stereocenters. The molecule has 1 saturated carbocycles. The normalized spacial score (nSPS) is 13.7. The summed E-state index contributed by atoms with van der Waals surface area (Å²) in [5.74, 6) is 1.99. The SMILES string of the molecule is CC(C)C.CCC.CCCCCCC1CC1. The van der Waals surface area contributed by atoms with Gasteiger partial charge in [-0.2, -0.15) is 0 Å². The summed E-state index contributed by atoms with van der Waals surface area (Å²) in [6.07, 6.45) is 11.7. The zero-order chi connectivity index (χ0) is 12.8. The topological polar surface area (TPSA) is 0 Å². The van der Waals surface area contributed by atoms with E-state index in [0.717, 1.165) is 11.8 Å². The minimum Gasteiger partial charge on any atom is -0.0656 e. The van der Waals surface area contributed by atoms with Gasteiger partial charge in [0.05, 0.1) is 0 Å². The van der Waals surface area contributed by atoms with E-state index in [-0.39, 0.29) is 0 Å². The molecule has 1 aliphatic carbocycles. The Morgan fingerprint density at radius 3 is 1.62 bits per heavy atom. The fraction of sp³-hybridized carbons (Fsp3) is 1.00. The van der Waals surface area contributed by atoms with Gasteiger partial charge < -0.3 is 0 Å². The van der Waals surface area contributed by atoms with Gasteiger partial charge in [-0.05, 0) is 11.8 Å². The Labute approximate surface area is 105 Å². The highest BCUT2D eigenvalue weighted by Crippen LogP contribution is 2.33. The Morgan fingerprint density at radius 1 is 0.875 bits per heavy atom. The van der Waals surface area contributed by atoms with Crippen molar-refractivity contribution in [1.82, 2.24) is 0 Å². The molecule has 100 valence electrons. The van der Waals surface area contributed by atoms with Gasteiger partial charge in [0.15, 0.2) is 0 Å². The van der Waals surface area contributed by atoms with Gasteiger partial charge in [0, 0.05) is 0 Å². The van der Waals surface area contributed by atoms with Gasteiger partial charge in [-0.3, -0.25) is 0 Å². The first-order valence-electron chi connectivity index (χ1n) is 7.58. The highest BCUT2D eigenvalue weighted by molar-refractivity contribution is 4.72. The van der Waals surface area contributed by atoms with Gasteiger partial charge in [-0.1, -0.05) is 92.9 Å². The van der Waals surface area contributed by atoms with Gasteiger partial charge in [-0.25, -0.2) is 0 Å². The predicted molar refractivity (Wildman–Crippen MR) is 78.0 cm³/mol. The molecule has 1 rings (SSSR count). The largest absolute Gasteiger partial charge is 0.0656 e. The second kappa shape index (κ2) is 15.0. The fourth-order valence-corrected chi connectivity index (χ4v) is 1.27. The summed E-state index contributed by atoms with van der Waals surface area (Å²) in [6.45, 7) is 13.0. The highest BCUT2D eigenvalue weighted by Gasteiger charge is 2.19. The molecule has 0 heteroatoms. The molecule has 0 N–H and O–H groups in total. The number of rotatable bonds is 5. The number of hydrogen-bond acceptors (Lipinski definition) is 0. The molecule has 16 heavy (non-hydrogen) atoms. The molecule has 0 bridgehead atoms. The Balaban J connectivity index is 0. The summed E-state index contributed by atoms with van der Waals surface area (Å²) in [7, 11) is 0. The molecule has 0 amide bonds. The smallest absolute Gasteiger partial charge is 0.0414 e. The lowest BCUT2D eigenvalue weighted by atomic mass is 10.1. The van der Waals surface area contributed by atoms with Crippen LogP contribution in [0.25, 0.3) is 0 Å². The van der Waals surface area contributed by atoms with Crippen LogP contribution in [0.3, 0.4) is 0 Å². The summed E-state index contributed by atoms with van der Waals surface area (Å²) in [6, 6.07) is 0. The molecule has 0 radical (unpaired) electrons. The molecule has 0 saturated heterocycles. The van der Waals surface area contributed by atoms with E-state index in [0.29, 0.717) is 0 Å².